The average Bonchev–Trinajstić information content (AvgIpc) is 1.86. The van der Waals surface area contributed by atoms with Gasteiger partial charge >= 0.3 is 6.18 Å². The second-order valence-electron chi connectivity index (χ2n) is 3.17. The molecular weight excluding hydrogens is 155 g/mol. The Hall–Kier alpha value is -0.250. The van der Waals surface area contributed by atoms with Crippen molar-refractivity contribution in [2.75, 3.05) is 0 Å². The topological polar surface area (TPSA) is 26.0 Å². The van der Waals surface area contributed by atoms with E-state index in [0.717, 1.165) is 6.42 Å². The molecule has 1 rings (SSSR count). The van der Waals surface area contributed by atoms with Gasteiger partial charge in [0.25, 0.3) is 0 Å². The predicted octanol–water partition coefficient (Wildman–Crippen LogP) is 2.07. The van der Waals surface area contributed by atoms with Gasteiger partial charge in [0, 0.05) is 6.04 Å². The highest BCUT2D eigenvalue weighted by Crippen LogP contribution is 2.36. The Bertz CT molecular complexity index is 132. The number of nitrogens with two attached hydrogens (primary N) is 1. The maximum absolute atomic E-state index is 12.1. The van der Waals surface area contributed by atoms with Gasteiger partial charge in [0.1, 0.15) is 0 Å². The Labute approximate surface area is 63.8 Å². The molecule has 2 N–H and O–H groups in total. The Morgan fingerprint density at radius 3 is 2.18 bits per heavy atom. The van der Waals surface area contributed by atoms with Crippen LogP contribution < -0.4 is 5.73 Å². The van der Waals surface area contributed by atoms with E-state index in [1.165, 1.54) is 0 Å². The fourth-order valence-corrected chi connectivity index (χ4v) is 1.52. The number of rotatable bonds is 0. The van der Waals surface area contributed by atoms with Gasteiger partial charge in [-0.3, -0.25) is 0 Å². The Morgan fingerprint density at radius 1 is 1.18 bits per heavy atom. The molecule has 4 heteroatoms. The zero-order chi connectivity index (χ0) is 8.48. The molecule has 66 valence electrons. The highest BCUT2D eigenvalue weighted by Gasteiger charge is 2.41. The second-order valence-corrected chi connectivity index (χ2v) is 3.17. The van der Waals surface area contributed by atoms with Gasteiger partial charge in [0.2, 0.25) is 0 Å². The summed E-state index contributed by atoms with van der Waals surface area (Å²) in [5, 5.41) is 0. The van der Waals surface area contributed by atoms with E-state index in [1.54, 1.807) is 0 Å². The van der Waals surface area contributed by atoms with Crippen LogP contribution in [0.2, 0.25) is 0 Å². The van der Waals surface area contributed by atoms with Crippen molar-refractivity contribution in [3.05, 3.63) is 0 Å². The minimum Gasteiger partial charge on any atom is -0.328 e. The van der Waals surface area contributed by atoms with Crippen LogP contribution in [-0.4, -0.2) is 12.2 Å². The third-order valence-electron chi connectivity index (χ3n) is 2.18. The lowest BCUT2D eigenvalue weighted by atomic mass is 9.86. The van der Waals surface area contributed by atoms with Gasteiger partial charge in [-0.05, 0) is 19.3 Å². The van der Waals surface area contributed by atoms with E-state index in [2.05, 4.69) is 0 Å². The summed E-state index contributed by atoms with van der Waals surface area (Å²) in [6.45, 7) is 0. The summed E-state index contributed by atoms with van der Waals surface area (Å²) in [5.74, 6) is -1.15. The first-order chi connectivity index (χ1) is 5.00. The van der Waals surface area contributed by atoms with Crippen LogP contribution in [-0.2, 0) is 0 Å². The number of alkyl halides is 3. The molecule has 1 aliphatic rings. The molecule has 1 fully saturated rings. The molecular formula is C7H12F3N. The third kappa shape index (κ3) is 2.36. The Balaban J connectivity index is 2.46. The van der Waals surface area contributed by atoms with Gasteiger partial charge in [0.15, 0.2) is 0 Å². The lowest BCUT2D eigenvalue weighted by molar-refractivity contribution is -0.182. The van der Waals surface area contributed by atoms with Crippen LogP contribution in [0, 0.1) is 5.92 Å². The van der Waals surface area contributed by atoms with Gasteiger partial charge in [-0.15, -0.1) is 0 Å². The molecule has 1 nitrogen and oxygen atoms in total. The van der Waals surface area contributed by atoms with Gasteiger partial charge < -0.3 is 5.73 Å². The molecule has 11 heavy (non-hydrogen) atoms. The van der Waals surface area contributed by atoms with E-state index in [9.17, 15) is 13.2 Å². The molecule has 0 aromatic rings. The van der Waals surface area contributed by atoms with Crippen molar-refractivity contribution in [3.8, 4) is 0 Å². The normalized spacial score (nSPS) is 33.8. The summed E-state index contributed by atoms with van der Waals surface area (Å²) in [6.07, 6.45) is -2.29. The lowest BCUT2D eigenvalue weighted by Crippen LogP contribution is -2.35. The van der Waals surface area contributed by atoms with Crippen molar-refractivity contribution in [1.82, 2.24) is 0 Å². The molecule has 0 unspecified atom stereocenters. The molecule has 0 aliphatic heterocycles. The zero-order valence-corrected chi connectivity index (χ0v) is 6.19. The maximum Gasteiger partial charge on any atom is 0.391 e. The van der Waals surface area contributed by atoms with Crippen LogP contribution in [0.25, 0.3) is 0 Å². The van der Waals surface area contributed by atoms with Crippen molar-refractivity contribution in [3.63, 3.8) is 0 Å². The molecule has 0 bridgehead atoms. The zero-order valence-electron chi connectivity index (χ0n) is 6.19. The lowest BCUT2D eigenvalue weighted by Gasteiger charge is -2.28. The highest BCUT2D eigenvalue weighted by molar-refractivity contribution is 4.79. The van der Waals surface area contributed by atoms with Crippen LogP contribution in [0.3, 0.4) is 0 Å². The summed E-state index contributed by atoms with van der Waals surface area (Å²) in [5.41, 5.74) is 5.42. The van der Waals surface area contributed by atoms with E-state index in [0.29, 0.717) is 6.42 Å². The SMILES string of the molecule is N[C@H]1CCC[C@H](C(F)(F)F)C1. The molecule has 2 atom stereocenters. The van der Waals surface area contributed by atoms with E-state index < -0.39 is 12.1 Å². The van der Waals surface area contributed by atoms with E-state index >= 15 is 0 Å². The molecule has 0 aromatic carbocycles. The summed E-state index contributed by atoms with van der Waals surface area (Å²) >= 11 is 0. The van der Waals surface area contributed by atoms with Crippen LogP contribution in [0.1, 0.15) is 25.7 Å². The fraction of sp³-hybridized carbons (Fsp3) is 1.00. The first-order valence-electron chi connectivity index (χ1n) is 3.82. The van der Waals surface area contributed by atoms with E-state index in [4.69, 9.17) is 5.73 Å². The largest absolute Gasteiger partial charge is 0.391 e. The second kappa shape index (κ2) is 3.01. The van der Waals surface area contributed by atoms with Crippen molar-refractivity contribution in [2.45, 2.75) is 37.9 Å². The van der Waals surface area contributed by atoms with Gasteiger partial charge in [-0.2, -0.15) is 13.2 Å². The molecule has 0 amide bonds. The minimum absolute atomic E-state index is 0.115. The first-order valence-corrected chi connectivity index (χ1v) is 3.82. The van der Waals surface area contributed by atoms with Crippen LogP contribution in [0.5, 0.6) is 0 Å². The van der Waals surface area contributed by atoms with Crippen molar-refractivity contribution in [2.24, 2.45) is 11.7 Å². The van der Waals surface area contributed by atoms with Crippen LogP contribution in [0.15, 0.2) is 0 Å². The Kier molecular flexibility index (Phi) is 2.42. The van der Waals surface area contributed by atoms with Gasteiger partial charge in [-0.1, -0.05) is 6.42 Å². The van der Waals surface area contributed by atoms with Gasteiger partial charge in [-0.25, -0.2) is 0 Å². The standard InChI is InChI=1S/C7H12F3N/c8-7(9,10)5-2-1-3-6(11)4-5/h5-6H,1-4,11H2/t5-,6-/m0/s1. The van der Waals surface area contributed by atoms with E-state index in [1.807, 2.05) is 0 Å². The summed E-state index contributed by atoms with van der Waals surface area (Å²) in [6, 6.07) is -0.240. The molecule has 0 heterocycles. The van der Waals surface area contributed by atoms with Crippen LogP contribution >= 0.6 is 0 Å². The summed E-state index contributed by atoms with van der Waals surface area (Å²) < 4.78 is 36.2. The van der Waals surface area contributed by atoms with Crippen LogP contribution in [0.4, 0.5) is 13.2 Å². The molecule has 0 aromatic heterocycles. The molecule has 1 aliphatic carbocycles. The van der Waals surface area contributed by atoms with E-state index in [-0.39, 0.29) is 18.9 Å². The molecule has 0 spiro atoms. The minimum atomic E-state index is -4.03. The van der Waals surface area contributed by atoms with Crippen molar-refractivity contribution < 1.29 is 13.2 Å². The average molecular weight is 167 g/mol. The van der Waals surface area contributed by atoms with Gasteiger partial charge in [0.05, 0.1) is 5.92 Å². The third-order valence-corrected chi connectivity index (χ3v) is 2.18. The molecule has 0 radical (unpaired) electrons. The first kappa shape index (κ1) is 8.84. The smallest absolute Gasteiger partial charge is 0.328 e. The predicted molar refractivity (Wildman–Crippen MR) is 36.0 cm³/mol. The molecule has 0 saturated heterocycles. The summed E-state index contributed by atoms with van der Waals surface area (Å²) in [4.78, 5) is 0. The highest BCUT2D eigenvalue weighted by atomic mass is 19.4. The van der Waals surface area contributed by atoms with Crippen molar-refractivity contribution in [1.29, 1.82) is 0 Å². The number of hydrogen-bond acceptors (Lipinski definition) is 1. The summed E-state index contributed by atoms with van der Waals surface area (Å²) in [7, 11) is 0. The molecule has 1 saturated carbocycles. The Morgan fingerprint density at radius 2 is 1.82 bits per heavy atom. The quantitative estimate of drug-likeness (QED) is 0.587. The maximum atomic E-state index is 12.1. The monoisotopic (exact) mass is 167 g/mol. The van der Waals surface area contributed by atoms with Crippen molar-refractivity contribution >= 4 is 0 Å². The number of hydrogen-bond donors (Lipinski definition) is 1. The number of halogens is 3. The fourth-order valence-electron chi connectivity index (χ4n) is 1.52.